The molecule has 0 spiro atoms. The van der Waals surface area contributed by atoms with Crippen molar-refractivity contribution < 1.29 is 14.3 Å². The highest BCUT2D eigenvalue weighted by Crippen LogP contribution is 2.47. The van der Waals surface area contributed by atoms with Gasteiger partial charge in [-0.25, -0.2) is 0 Å². The first-order chi connectivity index (χ1) is 24.2. The molecule has 1 atom stereocenters. The Bertz CT molecular complexity index is 2060. The summed E-state index contributed by atoms with van der Waals surface area (Å²) in [5, 5.41) is 5.86. The van der Waals surface area contributed by atoms with Gasteiger partial charge in [0.15, 0.2) is 0 Å². The molecule has 0 aliphatic carbocycles. The molecule has 0 heterocycles. The predicted molar refractivity (Wildman–Crippen MR) is 209 cm³/mol. The summed E-state index contributed by atoms with van der Waals surface area (Å²) in [6.07, 6.45) is 0.0928. The van der Waals surface area contributed by atoms with Crippen molar-refractivity contribution in [1.29, 1.82) is 0 Å². The van der Waals surface area contributed by atoms with Gasteiger partial charge < -0.3 is 14.8 Å². The maximum absolute atomic E-state index is 14.6. The second-order valence-corrected chi connectivity index (χ2v) is 13.7. The quantitative estimate of drug-likeness (QED) is 0.111. The molecule has 50 heavy (non-hydrogen) atoms. The molecular formula is C46H47NO3. The van der Waals surface area contributed by atoms with E-state index < -0.39 is 6.04 Å². The lowest BCUT2D eigenvalue weighted by Gasteiger charge is -2.26. The molecule has 6 aromatic rings. The minimum absolute atomic E-state index is 0.0928. The molecule has 0 bridgehead atoms. The third-order valence-corrected chi connectivity index (χ3v) is 9.60. The van der Waals surface area contributed by atoms with E-state index in [1.807, 2.05) is 42.5 Å². The van der Waals surface area contributed by atoms with Gasteiger partial charge in [-0.3, -0.25) is 4.79 Å². The maximum atomic E-state index is 14.6. The number of ether oxygens (including phenoxy) is 2. The largest absolute Gasteiger partial charge is 0.495 e. The van der Waals surface area contributed by atoms with Gasteiger partial charge in [0.25, 0.3) is 0 Å². The van der Waals surface area contributed by atoms with Crippen LogP contribution >= 0.6 is 0 Å². The van der Waals surface area contributed by atoms with Crippen molar-refractivity contribution in [3.8, 4) is 33.8 Å². The molecule has 0 aliphatic rings. The Morgan fingerprint density at radius 3 is 1.78 bits per heavy atom. The fourth-order valence-electron chi connectivity index (χ4n) is 7.25. The normalized spacial score (nSPS) is 11.9. The first-order valence-electron chi connectivity index (χ1n) is 17.6. The topological polar surface area (TPSA) is 47.6 Å². The first kappa shape index (κ1) is 34.5. The molecule has 0 radical (unpaired) electrons. The van der Waals surface area contributed by atoms with E-state index in [-0.39, 0.29) is 24.2 Å². The average molecular weight is 662 g/mol. The van der Waals surface area contributed by atoms with E-state index in [0.29, 0.717) is 11.5 Å². The number of benzene rings is 6. The summed E-state index contributed by atoms with van der Waals surface area (Å²) in [6.45, 7) is 13.1. The third kappa shape index (κ3) is 7.02. The number of para-hydroxylation sites is 2. The lowest BCUT2D eigenvalue weighted by atomic mass is 9.84. The molecule has 0 aromatic heterocycles. The van der Waals surface area contributed by atoms with Crippen LogP contribution in [-0.4, -0.2) is 13.1 Å². The number of esters is 1. The van der Waals surface area contributed by atoms with E-state index in [1.165, 1.54) is 11.1 Å². The molecule has 0 aliphatic heterocycles. The molecule has 0 saturated heterocycles. The Morgan fingerprint density at radius 1 is 0.640 bits per heavy atom. The van der Waals surface area contributed by atoms with Crippen molar-refractivity contribution in [1.82, 2.24) is 0 Å². The van der Waals surface area contributed by atoms with Crippen molar-refractivity contribution in [3.05, 3.63) is 149 Å². The minimum atomic E-state index is -0.395. The maximum Gasteiger partial charge on any atom is 0.313 e. The highest BCUT2D eigenvalue weighted by atomic mass is 16.5. The van der Waals surface area contributed by atoms with Gasteiger partial charge >= 0.3 is 5.97 Å². The van der Waals surface area contributed by atoms with Crippen LogP contribution in [0, 0.1) is 13.8 Å². The fourth-order valence-corrected chi connectivity index (χ4v) is 7.25. The average Bonchev–Trinajstić information content (AvgIpc) is 3.11. The summed E-state index contributed by atoms with van der Waals surface area (Å²) in [7, 11) is 1.66. The number of carbonyl (C=O) groups excluding carboxylic acids is 1. The summed E-state index contributed by atoms with van der Waals surface area (Å²) >= 11 is 0. The number of anilines is 1. The van der Waals surface area contributed by atoms with E-state index in [9.17, 15) is 4.79 Å². The van der Waals surface area contributed by atoms with Gasteiger partial charge in [0.1, 0.15) is 11.5 Å². The van der Waals surface area contributed by atoms with E-state index in [2.05, 4.69) is 126 Å². The monoisotopic (exact) mass is 661 g/mol. The number of rotatable bonds is 11. The Kier molecular flexibility index (Phi) is 10.4. The molecule has 4 heteroatoms. The molecule has 1 N–H and O–H groups in total. The van der Waals surface area contributed by atoms with Gasteiger partial charge in [-0.1, -0.05) is 137 Å². The zero-order valence-corrected chi connectivity index (χ0v) is 30.2. The second kappa shape index (κ2) is 15.0. The van der Waals surface area contributed by atoms with Gasteiger partial charge in [0, 0.05) is 11.1 Å². The smallest absolute Gasteiger partial charge is 0.313 e. The minimum Gasteiger partial charge on any atom is -0.495 e. The number of fused-ring (bicyclic) bond motifs is 1. The zero-order chi connectivity index (χ0) is 35.4. The van der Waals surface area contributed by atoms with E-state index in [4.69, 9.17) is 9.47 Å². The van der Waals surface area contributed by atoms with Crippen LogP contribution in [0.3, 0.4) is 0 Å². The van der Waals surface area contributed by atoms with Gasteiger partial charge in [-0.2, -0.15) is 0 Å². The Labute approximate surface area is 297 Å². The van der Waals surface area contributed by atoms with Gasteiger partial charge in [0.05, 0.1) is 25.3 Å². The third-order valence-electron chi connectivity index (χ3n) is 9.60. The summed E-state index contributed by atoms with van der Waals surface area (Å²) in [5.41, 5.74) is 10.5. The lowest BCUT2D eigenvalue weighted by Crippen LogP contribution is -2.20. The molecule has 6 rings (SSSR count). The van der Waals surface area contributed by atoms with Crippen LogP contribution in [0.4, 0.5) is 5.69 Å². The molecular weight excluding hydrogens is 615 g/mol. The predicted octanol–water partition coefficient (Wildman–Crippen LogP) is 12.2. The van der Waals surface area contributed by atoms with E-state index in [1.54, 1.807) is 7.11 Å². The summed E-state index contributed by atoms with van der Waals surface area (Å²) in [6, 6.07) is 41.2. The van der Waals surface area contributed by atoms with Crippen LogP contribution in [0.15, 0.2) is 121 Å². The van der Waals surface area contributed by atoms with Gasteiger partial charge in [-0.15, -0.1) is 0 Å². The van der Waals surface area contributed by atoms with Crippen LogP contribution in [0.2, 0.25) is 0 Å². The van der Waals surface area contributed by atoms with Crippen LogP contribution in [0.25, 0.3) is 33.0 Å². The highest BCUT2D eigenvalue weighted by molar-refractivity contribution is 5.92. The molecule has 6 aromatic carbocycles. The number of methoxy groups -OCH3 is 1. The van der Waals surface area contributed by atoms with Gasteiger partial charge in [-0.05, 0) is 87.5 Å². The molecule has 0 saturated carbocycles. The van der Waals surface area contributed by atoms with Gasteiger partial charge in [0.2, 0.25) is 0 Å². The van der Waals surface area contributed by atoms with E-state index in [0.717, 1.165) is 55.4 Å². The first-order valence-corrected chi connectivity index (χ1v) is 17.6. The number of hydrogen-bond acceptors (Lipinski definition) is 4. The van der Waals surface area contributed by atoms with Crippen molar-refractivity contribution in [3.63, 3.8) is 0 Å². The number of carbonyl (C=O) groups is 1. The standard InChI is InChI=1S/C46H47NO3/c1-29(2)34-19-10-12-22-38(34)44-31(5)27-32(6)45(39-23-13-11-20-35(39)30(3)4)46(44)50-43(48)28-41(47-40-25-14-15-26-42(40)49-7)37-24-16-18-33-17-8-9-21-36(33)37/h8-27,29-30,41,47H,28H2,1-7H3. The summed E-state index contributed by atoms with van der Waals surface area (Å²) in [4.78, 5) is 14.6. The molecule has 254 valence electrons. The number of aryl methyl sites for hydroxylation is 2. The Hall–Kier alpha value is -5.35. The van der Waals surface area contributed by atoms with Crippen molar-refractivity contribution >= 4 is 22.4 Å². The highest BCUT2D eigenvalue weighted by Gasteiger charge is 2.27. The van der Waals surface area contributed by atoms with Crippen LogP contribution < -0.4 is 14.8 Å². The number of nitrogens with one attached hydrogen (secondary N) is 1. The molecule has 0 fully saturated rings. The summed E-state index contributed by atoms with van der Waals surface area (Å²) < 4.78 is 12.5. The lowest BCUT2D eigenvalue weighted by molar-refractivity contribution is -0.134. The molecule has 0 amide bonds. The molecule has 1 unspecified atom stereocenters. The second-order valence-electron chi connectivity index (χ2n) is 13.7. The van der Waals surface area contributed by atoms with Crippen LogP contribution in [0.5, 0.6) is 11.5 Å². The summed E-state index contributed by atoms with van der Waals surface area (Å²) in [5.74, 6) is 1.57. The fraction of sp³-hybridized carbons (Fsp3) is 0.239. The van der Waals surface area contributed by atoms with Crippen molar-refractivity contribution in [2.24, 2.45) is 0 Å². The Balaban J connectivity index is 1.52. The van der Waals surface area contributed by atoms with Crippen LogP contribution in [-0.2, 0) is 4.79 Å². The Morgan fingerprint density at radius 2 is 1.16 bits per heavy atom. The number of hydrogen-bond donors (Lipinski definition) is 1. The SMILES string of the molecule is COc1ccccc1NC(CC(=O)Oc1c(-c2ccccc2C(C)C)c(C)cc(C)c1-c1ccccc1C(C)C)c1cccc2ccccc12. The molecule has 4 nitrogen and oxygen atoms in total. The van der Waals surface area contributed by atoms with Crippen LogP contribution in [0.1, 0.15) is 79.8 Å². The van der Waals surface area contributed by atoms with Crippen molar-refractivity contribution in [2.45, 2.75) is 65.8 Å². The van der Waals surface area contributed by atoms with Crippen molar-refractivity contribution in [2.75, 3.05) is 12.4 Å². The zero-order valence-electron chi connectivity index (χ0n) is 30.2. The van der Waals surface area contributed by atoms with E-state index >= 15 is 0 Å².